The first kappa shape index (κ1) is 11.6. The van der Waals surface area contributed by atoms with Gasteiger partial charge in [0.15, 0.2) is 5.78 Å². The van der Waals surface area contributed by atoms with Crippen LogP contribution in [-0.4, -0.2) is 5.78 Å². The molecular weight excluding hydrogens is 196 g/mol. The summed E-state index contributed by atoms with van der Waals surface area (Å²) in [6.45, 7) is 2.20. The molecule has 88 valence electrons. The Labute approximate surface area is 98.6 Å². The number of allylic oxidation sites excluding steroid dienone is 4. The highest BCUT2D eigenvalue weighted by Crippen LogP contribution is 2.35. The molecule has 2 saturated carbocycles. The average molecular weight is 218 g/mol. The van der Waals surface area contributed by atoms with E-state index in [2.05, 4.69) is 13.0 Å². The number of unbranched alkanes of at least 4 members (excludes halogenated alkanes) is 2. The number of carbonyl (C=O) groups is 1. The lowest BCUT2D eigenvalue weighted by molar-refractivity contribution is -0.111. The van der Waals surface area contributed by atoms with E-state index in [0.29, 0.717) is 5.78 Å². The van der Waals surface area contributed by atoms with Gasteiger partial charge in [-0.25, -0.2) is 0 Å². The smallest absolute Gasteiger partial charge is 0.184 e. The summed E-state index contributed by atoms with van der Waals surface area (Å²) in [4.78, 5) is 12.2. The second kappa shape index (κ2) is 5.47. The van der Waals surface area contributed by atoms with Crippen molar-refractivity contribution in [2.24, 2.45) is 0 Å². The fourth-order valence-corrected chi connectivity index (χ4v) is 2.80. The van der Waals surface area contributed by atoms with Crippen LogP contribution in [0.3, 0.4) is 0 Å². The molecule has 0 saturated heterocycles. The zero-order chi connectivity index (χ0) is 11.4. The van der Waals surface area contributed by atoms with E-state index < -0.39 is 0 Å². The van der Waals surface area contributed by atoms with Gasteiger partial charge in [0, 0.05) is 0 Å². The molecule has 1 nitrogen and oxygen atoms in total. The third kappa shape index (κ3) is 2.45. The van der Waals surface area contributed by atoms with Crippen LogP contribution in [0.15, 0.2) is 22.8 Å². The Morgan fingerprint density at radius 1 is 1.12 bits per heavy atom. The monoisotopic (exact) mass is 218 g/mol. The van der Waals surface area contributed by atoms with E-state index in [1.165, 1.54) is 49.7 Å². The van der Waals surface area contributed by atoms with Crippen molar-refractivity contribution in [1.29, 1.82) is 0 Å². The summed E-state index contributed by atoms with van der Waals surface area (Å²) in [6, 6.07) is 0. The van der Waals surface area contributed by atoms with Gasteiger partial charge in [-0.15, -0.1) is 0 Å². The number of carbonyl (C=O) groups excluding carboxylic acids is 1. The Bertz CT molecular complexity index is 325. The Morgan fingerprint density at radius 3 is 2.56 bits per heavy atom. The molecule has 2 aliphatic rings. The van der Waals surface area contributed by atoms with Crippen molar-refractivity contribution >= 4 is 5.78 Å². The molecule has 0 amide bonds. The summed E-state index contributed by atoms with van der Waals surface area (Å²) in [7, 11) is 0. The van der Waals surface area contributed by atoms with Crippen LogP contribution in [0.5, 0.6) is 0 Å². The third-order valence-corrected chi connectivity index (χ3v) is 3.79. The molecule has 0 spiro atoms. The highest BCUT2D eigenvalue weighted by Gasteiger charge is 2.26. The molecule has 0 unspecified atom stereocenters. The summed E-state index contributed by atoms with van der Waals surface area (Å²) in [5, 5.41) is 0. The Hall–Kier alpha value is -0.850. The SMILES string of the molecule is CCCC/C=C1/CCC(=C2CCCC2)C1=O. The zero-order valence-electron chi connectivity index (χ0n) is 10.3. The first-order chi connectivity index (χ1) is 7.83. The van der Waals surface area contributed by atoms with E-state index in [9.17, 15) is 4.79 Å². The van der Waals surface area contributed by atoms with Crippen LogP contribution in [0.25, 0.3) is 0 Å². The van der Waals surface area contributed by atoms with E-state index in [4.69, 9.17) is 0 Å². The Balaban J connectivity index is 2.04. The topological polar surface area (TPSA) is 17.1 Å². The first-order valence-electron chi connectivity index (χ1n) is 6.77. The van der Waals surface area contributed by atoms with Crippen molar-refractivity contribution < 1.29 is 4.79 Å². The maximum Gasteiger partial charge on any atom is 0.184 e. The van der Waals surface area contributed by atoms with Gasteiger partial charge >= 0.3 is 0 Å². The lowest BCUT2D eigenvalue weighted by Crippen LogP contribution is -1.98. The number of hydrogen-bond acceptors (Lipinski definition) is 1. The molecule has 0 atom stereocenters. The van der Waals surface area contributed by atoms with Crippen molar-refractivity contribution in [1.82, 2.24) is 0 Å². The molecule has 0 heterocycles. The fourth-order valence-electron chi connectivity index (χ4n) is 2.80. The van der Waals surface area contributed by atoms with E-state index in [0.717, 1.165) is 24.8 Å². The summed E-state index contributed by atoms with van der Waals surface area (Å²) in [5.41, 5.74) is 3.76. The first-order valence-corrected chi connectivity index (χ1v) is 6.77. The maximum absolute atomic E-state index is 12.2. The molecule has 2 rings (SSSR count). The summed E-state index contributed by atoms with van der Waals surface area (Å²) >= 11 is 0. The predicted octanol–water partition coefficient (Wildman–Crippen LogP) is 4.34. The van der Waals surface area contributed by atoms with E-state index >= 15 is 0 Å². The van der Waals surface area contributed by atoms with Crippen molar-refractivity contribution in [3.05, 3.63) is 22.8 Å². The summed E-state index contributed by atoms with van der Waals surface area (Å²) in [6.07, 6.45) is 12.7. The third-order valence-electron chi connectivity index (χ3n) is 3.79. The minimum absolute atomic E-state index is 0.382. The molecule has 16 heavy (non-hydrogen) atoms. The standard InChI is InChI=1S/C15H22O/c1-2-3-4-9-13-10-11-14(15(13)16)12-7-5-6-8-12/h9H,2-8,10-11H2,1H3/b13-9-. The van der Waals surface area contributed by atoms with E-state index in [1.807, 2.05) is 0 Å². The van der Waals surface area contributed by atoms with E-state index in [-0.39, 0.29) is 0 Å². The molecule has 2 aliphatic carbocycles. The number of ketones is 1. The van der Waals surface area contributed by atoms with Gasteiger partial charge in [0.25, 0.3) is 0 Å². The molecule has 1 heteroatoms. The van der Waals surface area contributed by atoms with Crippen LogP contribution in [-0.2, 0) is 4.79 Å². The van der Waals surface area contributed by atoms with Crippen molar-refractivity contribution in [3.63, 3.8) is 0 Å². The predicted molar refractivity (Wildman–Crippen MR) is 67.3 cm³/mol. The minimum atomic E-state index is 0.382. The zero-order valence-corrected chi connectivity index (χ0v) is 10.3. The molecular formula is C15H22O. The highest BCUT2D eigenvalue weighted by molar-refractivity contribution is 6.11. The quantitative estimate of drug-likeness (QED) is 0.509. The molecule has 0 aromatic heterocycles. The lowest BCUT2D eigenvalue weighted by atomic mass is 10.0. The minimum Gasteiger partial charge on any atom is -0.289 e. The van der Waals surface area contributed by atoms with Crippen LogP contribution < -0.4 is 0 Å². The van der Waals surface area contributed by atoms with Crippen LogP contribution in [0.1, 0.15) is 64.7 Å². The van der Waals surface area contributed by atoms with Gasteiger partial charge < -0.3 is 0 Å². The Kier molecular flexibility index (Phi) is 3.98. The molecule has 0 aromatic carbocycles. The molecule has 0 bridgehead atoms. The van der Waals surface area contributed by atoms with Gasteiger partial charge in [0.2, 0.25) is 0 Å². The normalized spacial score (nSPS) is 23.8. The fraction of sp³-hybridized carbons (Fsp3) is 0.667. The maximum atomic E-state index is 12.2. The van der Waals surface area contributed by atoms with Gasteiger partial charge in [-0.1, -0.05) is 31.4 Å². The number of rotatable bonds is 3. The highest BCUT2D eigenvalue weighted by atomic mass is 16.1. The van der Waals surface area contributed by atoms with Gasteiger partial charge in [0.05, 0.1) is 0 Å². The molecule has 0 N–H and O–H groups in total. The van der Waals surface area contributed by atoms with Crippen LogP contribution >= 0.6 is 0 Å². The van der Waals surface area contributed by atoms with Gasteiger partial charge in [-0.2, -0.15) is 0 Å². The lowest BCUT2D eigenvalue weighted by Gasteiger charge is -2.00. The molecule has 0 aliphatic heterocycles. The summed E-state index contributed by atoms with van der Waals surface area (Å²) < 4.78 is 0. The van der Waals surface area contributed by atoms with E-state index in [1.54, 1.807) is 0 Å². The van der Waals surface area contributed by atoms with Gasteiger partial charge in [-0.05, 0) is 56.1 Å². The summed E-state index contributed by atoms with van der Waals surface area (Å²) in [5.74, 6) is 0.382. The van der Waals surface area contributed by atoms with Crippen LogP contribution in [0, 0.1) is 0 Å². The largest absolute Gasteiger partial charge is 0.289 e. The van der Waals surface area contributed by atoms with Gasteiger partial charge in [-0.3, -0.25) is 4.79 Å². The Morgan fingerprint density at radius 2 is 1.88 bits per heavy atom. The number of hydrogen-bond donors (Lipinski definition) is 0. The van der Waals surface area contributed by atoms with Crippen molar-refractivity contribution in [3.8, 4) is 0 Å². The van der Waals surface area contributed by atoms with Crippen LogP contribution in [0.4, 0.5) is 0 Å². The second-order valence-corrected chi connectivity index (χ2v) is 4.99. The average Bonchev–Trinajstić information content (AvgIpc) is 2.89. The van der Waals surface area contributed by atoms with Crippen molar-refractivity contribution in [2.45, 2.75) is 64.7 Å². The molecule has 2 fully saturated rings. The molecule has 0 radical (unpaired) electrons. The van der Waals surface area contributed by atoms with Crippen LogP contribution in [0.2, 0.25) is 0 Å². The molecule has 0 aromatic rings. The second-order valence-electron chi connectivity index (χ2n) is 4.99. The van der Waals surface area contributed by atoms with Gasteiger partial charge in [0.1, 0.15) is 0 Å². The van der Waals surface area contributed by atoms with Crippen molar-refractivity contribution in [2.75, 3.05) is 0 Å². The number of Topliss-reactive ketones (excluding diaryl/α,β-unsaturated/α-hetero) is 1.